The van der Waals surface area contributed by atoms with Crippen LogP contribution in [0.1, 0.15) is 0 Å². The van der Waals surface area contributed by atoms with Crippen molar-refractivity contribution >= 4 is 10.1 Å². The molecule has 9 heteroatoms. The highest BCUT2D eigenvalue weighted by Crippen LogP contribution is 2.25. The molecule has 0 amide bonds. The Morgan fingerprint density at radius 3 is 2.07 bits per heavy atom. The molecular formula is C5H9F3O5S. The van der Waals surface area contributed by atoms with Gasteiger partial charge in [0, 0.05) is 14.2 Å². The average Bonchev–Trinajstić information content (AvgIpc) is 2.01. The number of halogens is 3. The minimum absolute atomic E-state index is 0.425. The van der Waals surface area contributed by atoms with E-state index in [2.05, 4.69) is 13.7 Å². The van der Waals surface area contributed by atoms with Crippen molar-refractivity contribution in [2.24, 2.45) is 0 Å². The monoisotopic (exact) mass is 238 g/mol. The van der Waals surface area contributed by atoms with Gasteiger partial charge >= 0.3 is 15.6 Å². The van der Waals surface area contributed by atoms with Crippen LogP contribution >= 0.6 is 0 Å². The Labute approximate surface area is 78.9 Å². The molecule has 0 aromatic heterocycles. The van der Waals surface area contributed by atoms with E-state index in [-0.39, 0.29) is 0 Å². The number of alkyl halides is 3. The van der Waals surface area contributed by atoms with Crippen molar-refractivity contribution in [1.29, 1.82) is 0 Å². The van der Waals surface area contributed by atoms with E-state index in [0.29, 0.717) is 0 Å². The summed E-state index contributed by atoms with van der Waals surface area (Å²) >= 11 is 0. The molecule has 0 aromatic rings. The van der Waals surface area contributed by atoms with E-state index in [4.69, 9.17) is 0 Å². The van der Waals surface area contributed by atoms with Crippen LogP contribution in [0.25, 0.3) is 0 Å². The van der Waals surface area contributed by atoms with E-state index < -0.39 is 28.5 Å². The van der Waals surface area contributed by atoms with Crippen LogP contribution in [0.2, 0.25) is 0 Å². The summed E-state index contributed by atoms with van der Waals surface area (Å²) in [5.41, 5.74) is -5.46. The van der Waals surface area contributed by atoms with Gasteiger partial charge in [0.2, 0.25) is 0 Å². The highest BCUT2D eigenvalue weighted by molar-refractivity contribution is 7.87. The quantitative estimate of drug-likeness (QED) is 0.396. The summed E-state index contributed by atoms with van der Waals surface area (Å²) in [5.74, 6) is 0. The van der Waals surface area contributed by atoms with E-state index >= 15 is 0 Å². The smallest absolute Gasteiger partial charge is 0.379 e. The Kier molecular flexibility index (Phi) is 4.78. The summed E-state index contributed by atoms with van der Waals surface area (Å²) in [7, 11) is -3.48. The van der Waals surface area contributed by atoms with Crippen molar-refractivity contribution in [3.8, 4) is 0 Å². The largest absolute Gasteiger partial charge is 0.523 e. The maximum Gasteiger partial charge on any atom is 0.523 e. The van der Waals surface area contributed by atoms with Crippen LogP contribution in [0.4, 0.5) is 13.2 Å². The molecule has 0 N–H and O–H groups in total. The first kappa shape index (κ1) is 13.6. The fourth-order valence-electron chi connectivity index (χ4n) is 0.467. The van der Waals surface area contributed by atoms with Crippen LogP contribution in [0, 0.1) is 0 Å². The topological polar surface area (TPSA) is 61.8 Å². The van der Waals surface area contributed by atoms with Crippen molar-refractivity contribution in [2.75, 3.05) is 20.8 Å². The lowest BCUT2D eigenvalue weighted by molar-refractivity contribution is -0.112. The van der Waals surface area contributed by atoms with E-state index in [1.54, 1.807) is 0 Å². The molecule has 14 heavy (non-hydrogen) atoms. The van der Waals surface area contributed by atoms with Gasteiger partial charge in [-0.3, -0.25) is 0 Å². The summed E-state index contributed by atoms with van der Waals surface area (Å²) < 4.78 is 68.5. The van der Waals surface area contributed by atoms with Crippen molar-refractivity contribution in [3.05, 3.63) is 0 Å². The van der Waals surface area contributed by atoms with E-state index in [0.717, 1.165) is 14.2 Å². The van der Waals surface area contributed by atoms with Crippen LogP contribution in [0.5, 0.6) is 0 Å². The van der Waals surface area contributed by atoms with E-state index in [1.807, 2.05) is 0 Å². The van der Waals surface area contributed by atoms with Crippen LogP contribution in [0.15, 0.2) is 0 Å². The zero-order chi connectivity index (χ0) is 11.4. The molecule has 0 radical (unpaired) electrons. The summed E-state index contributed by atoms with van der Waals surface area (Å²) in [6.07, 6.45) is -1.60. The number of hydrogen-bond donors (Lipinski definition) is 0. The Morgan fingerprint density at radius 2 is 1.79 bits per heavy atom. The number of ether oxygens (including phenoxy) is 2. The van der Waals surface area contributed by atoms with Gasteiger partial charge in [-0.2, -0.15) is 21.6 Å². The second kappa shape index (κ2) is 4.91. The fourth-order valence-corrected chi connectivity index (χ4v) is 0.993. The molecule has 0 saturated carbocycles. The maximum absolute atomic E-state index is 11.8. The molecule has 86 valence electrons. The molecule has 0 aliphatic carbocycles. The van der Waals surface area contributed by atoms with Crippen LogP contribution in [0.3, 0.4) is 0 Å². The zero-order valence-corrected chi connectivity index (χ0v) is 8.18. The van der Waals surface area contributed by atoms with Crippen molar-refractivity contribution in [1.82, 2.24) is 0 Å². The van der Waals surface area contributed by atoms with Gasteiger partial charge in [-0.1, -0.05) is 0 Å². The lowest BCUT2D eigenvalue weighted by atomic mass is 10.7. The van der Waals surface area contributed by atoms with Crippen LogP contribution in [-0.2, 0) is 23.8 Å². The Bertz CT molecular complexity index is 259. The third-order valence-electron chi connectivity index (χ3n) is 1.08. The molecule has 0 fully saturated rings. The van der Waals surface area contributed by atoms with Gasteiger partial charge in [-0.05, 0) is 0 Å². The van der Waals surface area contributed by atoms with Crippen molar-refractivity contribution < 1.29 is 35.2 Å². The first-order valence-corrected chi connectivity index (χ1v) is 4.66. The lowest BCUT2D eigenvalue weighted by Gasteiger charge is -2.15. The average molecular weight is 238 g/mol. The fraction of sp³-hybridized carbons (Fsp3) is 1.00. The highest BCUT2D eigenvalue weighted by Gasteiger charge is 2.48. The van der Waals surface area contributed by atoms with Gasteiger partial charge < -0.3 is 9.47 Å². The molecule has 0 rings (SSSR count). The maximum atomic E-state index is 11.8. The first-order valence-electron chi connectivity index (χ1n) is 3.26. The Hall–Kier alpha value is -0.380. The summed E-state index contributed by atoms with van der Waals surface area (Å²) in [4.78, 5) is 0. The molecule has 1 atom stereocenters. The van der Waals surface area contributed by atoms with Crippen LogP contribution in [-0.4, -0.2) is 41.0 Å². The van der Waals surface area contributed by atoms with E-state index in [9.17, 15) is 21.6 Å². The number of rotatable bonds is 5. The Balaban J connectivity index is 4.49. The molecule has 0 aliphatic heterocycles. The molecular weight excluding hydrogens is 229 g/mol. The normalized spacial score (nSPS) is 15.5. The zero-order valence-electron chi connectivity index (χ0n) is 7.37. The minimum Gasteiger partial charge on any atom is -0.379 e. The van der Waals surface area contributed by atoms with Gasteiger partial charge in [0.1, 0.15) is 0 Å². The third-order valence-corrected chi connectivity index (χ3v) is 2.12. The second-order valence-electron chi connectivity index (χ2n) is 2.12. The summed E-state index contributed by atoms with van der Waals surface area (Å²) in [5, 5.41) is 0. The molecule has 5 nitrogen and oxygen atoms in total. The van der Waals surface area contributed by atoms with E-state index in [1.165, 1.54) is 0 Å². The molecule has 0 heterocycles. The predicted molar refractivity (Wildman–Crippen MR) is 38.7 cm³/mol. The van der Waals surface area contributed by atoms with Gasteiger partial charge in [0.25, 0.3) is 0 Å². The highest BCUT2D eigenvalue weighted by atomic mass is 32.2. The van der Waals surface area contributed by atoms with Gasteiger partial charge in [0.05, 0.1) is 6.61 Å². The minimum atomic E-state index is -5.64. The Morgan fingerprint density at radius 1 is 1.29 bits per heavy atom. The number of methoxy groups -OCH3 is 2. The molecule has 0 spiro atoms. The first-order chi connectivity index (χ1) is 6.24. The molecule has 0 aliphatic rings. The van der Waals surface area contributed by atoms with Gasteiger partial charge in [-0.25, -0.2) is 4.18 Å². The van der Waals surface area contributed by atoms with Gasteiger partial charge in [-0.15, -0.1) is 0 Å². The molecule has 0 aromatic carbocycles. The molecule has 0 saturated heterocycles. The predicted octanol–water partition coefficient (Wildman–Crippen LogP) is 0.472. The van der Waals surface area contributed by atoms with Gasteiger partial charge in [0.15, 0.2) is 6.29 Å². The molecule has 1 unspecified atom stereocenters. The standard InChI is InChI=1S/C5H9F3O5S/c1-11-3-4(12-2)13-14(9,10)5(6,7)8/h4H,3H2,1-2H3. The molecule has 0 bridgehead atoms. The lowest BCUT2D eigenvalue weighted by Crippen LogP contribution is -2.33. The van der Waals surface area contributed by atoms with Crippen molar-refractivity contribution in [2.45, 2.75) is 11.8 Å². The van der Waals surface area contributed by atoms with Crippen molar-refractivity contribution in [3.63, 3.8) is 0 Å². The SMILES string of the molecule is COCC(OC)OS(=O)(=O)C(F)(F)F. The third kappa shape index (κ3) is 3.78. The number of hydrogen-bond acceptors (Lipinski definition) is 5. The van der Waals surface area contributed by atoms with Crippen LogP contribution < -0.4 is 0 Å². The summed E-state index contributed by atoms with van der Waals surface area (Å²) in [6.45, 7) is -0.425. The second-order valence-corrected chi connectivity index (χ2v) is 3.68. The summed E-state index contributed by atoms with van der Waals surface area (Å²) in [6, 6.07) is 0.